The Morgan fingerprint density at radius 3 is 2.49 bits per heavy atom. The molecule has 37 heavy (non-hydrogen) atoms. The summed E-state index contributed by atoms with van der Waals surface area (Å²) in [4.78, 5) is 25.8. The molecule has 3 aromatic carbocycles. The zero-order valence-corrected chi connectivity index (χ0v) is 20.3. The summed E-state index contributed by atoms with van der Waals surface area (Å²) in [6.45, 7) is 0.214. The van der Waals surface area contributed by atoms with Crippen molar-refractivity contribution in [2.45, 2.75) is 6.42 Å². The van der Waals surface area contributed by atoms with E-state index in [1.54, 1.807) is 19.5 Å². The molecule has 184 valence electrons. The second-order valence-corrected chi connectivity index (χ2v) is 8.71. The van der Waals surface area contributed by atoms with Crippen LogP contribution in [0.1, 0.15) is 5.56 Å². The SMILES string of the molecule is COc1cccc(-c2ccc3nc(-c4cccnc4)nc(NCC(Cc4ccccc4)C(=O)O)c3c2)c1. The summed E-state index contributed by atoms with van der Waals surface area (Å²) < 4.78 is 5.39. The van der Waals surface area contributed by atoms with E-state index in [1.807, 2.05) is 84.9 Å². The summed E-state index contributed by atoms with van der Waals surface area (Å²) in [6.07, 6.45) is 3.83. The van der Waals surface area contributed by atoms with E-state index in [2.05, 4.69) is 10.3 Å². The molecule has 0 aliphatic heterocycles. The van der Waals surface area contributed by atoms with Crippen molar-refractivity contribution in [3.05, 3.63) is 103 Å². The van der Waals surface area contributed by atoms with Gasteiger partial charge in [0.2, 0.25) is 0 Å². The Kier molecular flexibility index (Phi) is 7.03. The summed E-state index contributed by atoms with van der Waals surface area (Å²) in [5, 5.41) is 14.0. The molecular weight excluding hydrogens is 464 g/mol. The zero-order chi connectivity index (χ0) is 25.6. The lowest BCUT2D eigenvalue weighted by Gasteiger charge is -2.16. The van der Waals surface area contributed by atoms with Gasteiger partial charge in [-0.1, -0.05) is 48.5 Å². The fourth-order valence-corrected chi connectivity index (χ4v) is 4.23. The molecule has 0 aliphatic rings. The molecule has 5 rings (SSSR count). The minimum absolute atomic E-state index is 0.214. The van der Waals surface area contributed by atoms with Gasteiger partial charge in [-0.05, 0) is 59.5 Å². The van der Waals surface area contributed by atoms with Gasteiger partial charge < -0.3 is 15.2 Å². The number of fused-ring (bicyclic) bond motifs is 1. The first-order chi connectivity index (χ1) is 18.1. The molecule has 0 saturated heterocycles. The Morgan fingerprint density at radius 2 is 1.73 bits per heavy atom. The number of aliphatic carboxylic acids is 1. The molecule has 2 heterocycles. The van der Waals surface area contributed by atoms with Crippen LogP contribution in [0.2, 0.25) is 0 Å². The number of hydrogen-bond acceptors (Lipinski definition) is 6. The number of pyridine rings is 1. The number of carboxylic acid groups (broad SMARTS) is 1. The van der Waals surface area contributed by atoms with E-state index in [-0.39, 0.29) is 6.54 Å². The number of carboxylic acids is 1. The third kappa shape index (κ3) is 5.56. The molecule has 2 aromatic heterocycles. The van der Waals surface area contributed by atoms with Crippen molar-refractivity contribution < 1.29 is 14.6 Å². The highest BCUT2D eigenvalue weighted by molar-refractivity contribution is 5.94. The normalized spacial score (nSPS) is 11.7. The van der Waals surface area contributed by atoms with Crippen LogP contribution in [0.25, 0.3) is 33.4 Å². The van der Waals surface area contributed by atoms with Crippen molar-refractivity contribution in [3.63, 3.8) is 0 Å². The maximum absolute atomic E-state index is 12.1. The van der Waals surface area contributed by atoms with Gasteiger partial charge in [0, 0.05) is 29.9 Å². The lowest BCUT2D eigenvalue weighted by molar-refractivity contribution is -0.141. The number of methoxy groups -OCH3 is 1. The Bertz CT molecular complexity index is 1520. The van der Waals surface area contributed by atoms with Gasteiger partial charge >= 0.3 is 5.97 Å². The fraction of sp³-hybridized carbons (Fsp3) is 0.133. The number of nitrogens with one attached hydrogen (secondary N) is 1. The largest absolute Gasteiger partial charge is 0.497 e. The molecule has 0 amide bonds. The van der Waals surface area contributed by atoms with Crippen LogP contribution in [0.3, 0.4) is 0 Å². The van der Waals surface area contributed by atoms with Crippen LogP contribution >= 0.6 is 0 Å². The molecule has 0 radical (unpaired) electrons. The maximum Gasteiger partial charge on any atom is 0.308 e. The van der Waals surface area contributed by atoms with Crippen LogP contribution in [-0.4, -0.2) is 39.7 Å². The molecule has 7 nitrogen and oxygen atoms in total. The van der Waals surface area contributed by atoms with Gasteiger partial charge in [0.05, 0.1) is 18.5 Å². The Morgan fingerprint density at radius 1 is 0.919 bits per heavy atom. The van der Waals surface area contributed by atoms with Crippen molar-refractivity contribution in [1.82, 2.24) is 15.0 Å². The second-order valence-electron chi connectivity index (χ2n) is 8.71. The van der Waals surface area contributed by atoms with Crippen LogP contribution in [-0.2, 0) is 11.2 Å². The van der Waals surface area contributed by atoms with Crippen LogP contribution in [0, 0.1) is 5.92 Å². The number of anilines is 1. The van der Waals surface area contributed by atoms with E-state index in [9.17, 15) is 9.90 Å². The van der Waals surface area contributed by atoms with Crippen molar-refractivity contribution in [1.29, 1.82) is 0 Å². The molecule has 0 saturated carbocycles. The number of benzene rings is 3. The monoisotopic (exact) mass is 490 g/mol. The van der Waals surface area contributed by atoms with Gasteiger partial charge in [0.1, 0.15) is 11.6 Å². The maximum atomic E-state index is 12.1. The van der Waals surface area contributed by atoms with Crippen LogP contribution in [0.4, 0.5) is 5.82 Å². The van der Waals surface area contributed by atoms with Crippen LogP contribution in [0.5, 0.6) is 5.75 Å². The lowest BCUT2D eigenvalue weighted by Crippen LogP contribution is -2.25. The van der Waals surface area contributed by atoms with E-state index in [4.69, 9.17) is 14.7 Å². The van der Waals surface area contributed by atoms with Gasteiger partial charge in [-0.25, -0.2) is 9.97 Å². The van der Waals surface area contributed by atoms with Gasteiger partial charge in [0.15, 0.2) is 5.82 Å². The van der Waals surface area contributed by atoms with E-state index >= 15 is 0 Å². The highest BCUT2D eigenvalue weighted by Gasteiger charge is 2.19. The average Bonchev–Trinajstić information content (AvgIpc) is 2.95. The molecule has 1 atom stereocenters. The van der Waals surface area contributed by atoms with Gasteiger partial charge in [-0.2, -0.15) is 0 Å². The number of aromatic nitrogens is 3. The summed E-state index contributed by atoms with van der Waals surface area (Å²) in [5.41, 5.74) is 4.48. The number of nitrogens with zero attached hydrogens (tertiary/aromatic N) is 3. The Balaban J connectivity index is 1.54. The molecule has 1 unspecified atom stereocenters. The summed E-state index contributed by atoms with van der Waals surface area (Å²) in [7, 11) is 1.64. The first kappa shape index (κ1) is 23.9. The molecule has 0 fully saturated rings. The number of hydrogen-bond donors (Lipinski definition) is 2. The molecule has 2 N–H and O–H groups in total. The van der Waals surface area contributed by atoms with E-state index in [1.165, 1.54) is 0 Å². The predicted molar refractivity (Wildman–Crippen MR) is 145 cm³/mol. The quantitative estimate of drug-likeness (QED) is 0.273. The zero-order valence-electron chi connectivity index (χ0n) is 20.3. The third-order valence-electron chi connectivity index (χ3n) is 6.21. The molecule has 0 aliphatic carbocycles. The third-order valence-corrected chi connectivity index (χ3v) is 6.21. The smallest absolute Gasteiger partial charge is 0.308 e. The fourth-order valence-electron chi connectivity index (χ4n) is 4.23. The predicted octanol–water partition coefficient (Wildman–Crippen LogP) is 5.72. The number of carbonyl (C=O) groups is 1. The van der Waals surface area contributed by atoms with E-state index < -0.39 is 11.9 Å². The van der Waals surface area contributed by atoms with E-state index in [0.717, 1.165) is 38.9 Å². The molecular formula is C30H26N4O3. The topological polar surface area (TPSA) is 97.2 Å². The first-order valence-electron chi connectivity index (χ1n) is 12.0. The van der Waals surface area contributed by atoms with Crippen LogP contribution in [0.15, 0.2) is 97.3 Å². The highest BCUT2D eigenvalue weighted by atomic mass is 16.5. The highest BCUT2D eigenvalue weighted by Crippen LogP contribution is 2.31. The summed E-state index contributed by atoms with van der Waals surface area (Å²) in [5.74, 6) is 0.375. The van der Waals surface area contributed by atoms with Crippen molar-refractivity contribution in [2.24, 2.45) is 5.92 Å². The molecule has 7 heteroatoms. The Hall–Kier alpha value is -4.78. The minimum atomic E-state index is -0.862. The second kappa shape index (κ2) is 10.9. The molecule has 0 spiro atoms. The standard InChI is InChI=1S/C30H26N4O3/c1-37-25-11-5-9-21(16-25)22-12-13-27-26(17-22)29(34-28(33-27)23-10-6-14-31-18-23)32-19-24(30(35)36)15-20-7-3-2-4-8-20/h2-14,16-18,24H,15,19H2,1H3,(H,35,36)(H,32,33,34). The average molecular weight is 491 g/mol. The summed E-state index contributed by atoms with van der Waals surface area (Å²) >= 11 is 0. The molecule has 0 bridgehead atoms. The molecule has 5 aromatic rings. The van der Waals surface area contributed by atoms with E-state index in [0.29, 0.717) is 18.1 Å². The van der Waals surface area contributed by atoms with Crippen molar-refractivity contribution in [3.8, 4) is 28.3 Å². The first-order valence-corrected chi connectivity index (χ1v) is 12.0. The van der Waals surface area contributed by atoms with Crippen molar-refractivity contribution in [2.75, 3.05) is 19.0 Å². The number of rotatable bonds is 9. The van der Waals surface area contributed by atoms with Gasteiger partial charge in [-0.3, -0.25) is 9.78 Å². The summed E-state index contributed by atoms with van der Waals surface area (Å²) in [6, 6.07) is 27.2. The van der Waals surface area contributed by atoms with Crippen molar-refractivity contribution >= 4 is 22.7 Å². The van der Waals surface area contributed by atoms with Gasteiger partial charge in [-0.15, -0.1) is 0 Å². The Labute approximate surface area is 214 Å². The number of ether oxygens (including phenoxy) is 1. The minimum Gasteiger partial charge on any atom is -0.497 e. The lowest BCUT2D eigenvalue weighted by atomic mass is 9.99. The van der Waals surface area contributed by atoms with Crippen LogP contribution < -0.4 is 10.1 Å². The van der Waals surface area contributed by atoms with Gasteiger partial charge in [0.25, 0.3) is 0 Å².